The molecule has 0 saturated carbocycles. The van der Waals surface area contributed by atoms with Crippen molar-refractivity contribution >= 4 is 11.1 Å². The maximum absolute atomic E-state index is 14.1. The van der Waals surface area contributed by atoms with Crippen LogP contribution < -0.4 is 10.4 Å². The van der Waals surface area contributed by atoms with Gasteiger partial charge in [0.2, 0.25) is 0 Å². The topological polar surface area (TPSA) is 167 Å². The highest BCUT2D eigenvalue weighted by Crippen LogP contribution is 2.42. The van der Waals surface area contributed by atoms with E-state index in [1.807, 2.05) is 0 Å². The van der Waals surface area contributed by atoms with E-state index in [9.17, 15) is 89.5 Å². The summed E-state index contributed by atoms with van der Waals surface area (Å²) >= 11 is 0. The molecule has 0 unspecified atom stereocenters. The fourth-order valence-corrected chi connectivity index (χ4v) is 4.71. The van der Waals surface area contributed by atoms with E-state index in [4.69, 9.17) is 0 Å². The van der Waals surface area contributed by atoms with Crippen molar-refractivity contribution in [3.8, 4) is 42.5 Å². The lowest BCUT2D eigenvalue weighted by molar-refractivity contribution is -0.144. The minimum atomic E-state index is -5.71. The lowest BCUT2D eigenvalue weighted by atomic mass is 9.87. The molecule has 3 aromatic rings. The number of nitriles is 7. The summed E-state index contributed by atoms with van der Waals surface area (Å²) in [5, 5.41) is 65.8. The predicted octanol–water partition coefficient (Wildman–Crippen LogP) is 6.57. The average Bonchev–Trinajstić information content (AvgIpc) is 3.02. The summed E-state index contributed by atoms with van der Waals surface area (Å²) in [4.78, 5) is 0. The van der Waals surface area contributed by atoms with E-state index in [-0.39, 0.29) is 12.1 Å². The summed E-state index contributed by atoms with van der Waals surface area (Å²) in [5.41, 5.74) is -20.9. The van der Waals surface area contributed by atoms with Gasteiger partial charge in [-0.1, -0.05) is 0 Å². The molecule has 0 aliphatic carbocycles. The van der Waals surface area contributed by atoms with Crippen molar-refractivity contribution in [2.24, 2.45) is 0 Å². The lowest BCUT2D eigenvalue weighted by Crippen LogP contribution is -2.27. The van der Waals surface area contributed by atoms with Crippen molar-refractivity contribution in [2.75, 3.05) is 0 Å². The van der Waals surface area contributed by atoms with Crippen LogP contribution in [0.15, 0.2) is 30.3 Å². The molecule has 3 rings (SSSR count). The molecule has 0 heterocycles. The molecule has 19 heteroatoms. The van der Waals surface area contributed by atoms with E-state index >= 15 is 0 Å². The molecule has 7 nitrogen and oxygen atoms in total. The summed E-state index contributed by atoms with van der Waals surface area (Å²) in [6.07, 6.45) is -22.5. The minimum absolute atomic E-state index is 0.00851. The highest BCUT2D eigenvalue weighted by atomic mass is 19.4. The molecule has 0 aliphatic rings. The molecular weight excluding hydrogens is 698 g/mol. The van der Waals surface area contributed by atoms with Crippen molar-refractivity contribution in [1.29, 1.82) is 36.8 Å². The normalized spacial score (nSPS) is 12.9. The summed E-state index contributed by atoms with van der Waals surface area (Å²) < 4.78 is 166. The molecular formula is C31H5F12N7. The molecule has 0 aromatic heterocycles. The summed E-state index contributed by atoms with van der Waals surface area (Å²) in [7, 11) is 0. The van der Waals surface area contributed by atoms with Gasteiger partial charge in [0.1, 0.15) is 24.3 Å². The molecule has 0 N–H and O–H groups in total. The van der Waals surface area contributed by atoms with E-state index in [0.29, 0.717) is 6.07 Å². The number of hydrogen-bond acceptors (Lipinski definition) is 7. The van der Waals surface area contributed by atoms with E-state index in [2.05, 4.69) is 0 Å². The second-order valence-electron chi connectivity index (χ2n) is 9.51. The van der Waals surface area contributed by atoms with E-state index in [1.165, 1.54) is 30.3 Å². The van der Waals surface area contributed by atoms with Crippen molar-refractivity contribution in [2.45, 2.75) is 24.7 Å². The summed E-state index contributed by atoms with van der Waals surface area (Å²) in [6, 6.07) is 7.42. The van der Waals surface area contributed by atoms with Gasteiger partial charge >= 0.3 is 24.7 Å². The standard InChI is InChI=1S/C31H5F12N7/c32-28(33,34)23-4-25(30(38,39)40)17(1-13(23)6-44)19(9-47)16-3-15(8-46)27(22(12-50)20(16)10-48)21(11-49)18-2-14(7-45)24(29(35,36)37)5-26(18)31(41,42)43/h1-5H/b19-16-,27-21-. The van der Waals surface area contributed by atoms with Gasteiger partial charge in [-0.3, -0.25) is 0 Å². The maximum atomic E-state index is 14.1. The predicted molar refractivity (Wildman–Crippen MR) is 138 cm³/mol. The van der Waals surface area contributed by atoms with E-state index < -0.39 is 120 Å². The lowest BCUT2D eigenvalue weighted by Gasteiger charge is -2.18. The van der Waals surface area contributed by atoms with Crippen LogP contribution in [0.25, 0.3) is 11.1 Å². The zero-order chi connectivity index (χ0) is 38.1. The Morgan fingerprint density at radius 3 is 1.06 bits per heavy atom. The quantitative estimate of drug-likeness (QED) is 0.272. The van der Waals surface area contributed by atoms with Gasteiger partial charge in [-0.25, -0.2) is 0 Å². The number of benzene rings is 3. The Labute approximate surface area is 270 Å². The second-order valence-corrected chi connectivity index (χ2v) is 9.51. The van der Waals surface area contributed by atoms with E-state index in [1.54, 1.807) is 0 Å². The maximum Gasteiger partial charge on any atom is 0.417 e. The largest absolute Gasteiger partial charge is 0.417 e. The Morgan fingerprint density at radius 1 is 0.400 bits per heavy atom. The first kappa shape index (κ1) is 37.4. The average molecular weight is 703 g/mol. The first-order chi connectivity index (χ1) is 23.0. The number of rotatable bonds is 2. The molecule has 0 saturated heterocycles. The zero-order valence-electron chi connectivity index (χ0n) is 23.6. The first-order valence-electron chi connectivity index (χ1n) is 12.5. The molecule has 248 valence electrons. The Bertz CT molecular complexity index is 2400. The van der Waals surface area contributed by atoms with Crippen molar-refractivity contribution < 1.29 is 52.7 Å². The van der Waals surface area contributed by atoms with Crippen molar-refractivity contribution in [3.63, 3.8) is 0 Å². The Morgan fingerprint density at radius 2 is 0.760 bits per heavy atom. The monoisotopic (exact) mass is 703 g/mol. The molecule has 0 spiro atoms. The van der Waals surface area contributed by atoms with Crippen LogP contribution in [0.4, 0.5) is 52.7 Å². The molecule has 3 aromatic carbocycles. The van der Waals surface area contributed by atoms with Gasteiger partial charge in [0, 0.05) is 21.6 Å². The van der Waals surface area contributed by atoms with Crippen LogP contribution in [0.2, 0.25) is 0 Å². The SMILES string of the molecule is N#C/C(c1cc(C#N)c(C(F)(F)F)cc1C(F)(F)F)=c1\cc(C#N)/c(=C(\C#N)c2cc(C#N)c(C(F)(F)F)cc2C(F)(F)F)c(C#N)c1C#N. The first-order valence-corrected chi connectivity index (χ1v) is 12.5. The highest BCUT2D eigenvalue weighted by molar-refractivity contribution is 5.85. The fourth-order valence-electron chi connectivity index (χ4n) is 4.71. The Hall–Kier alpha value is -7.01. The summed E-state index contributed by atoms with van der Waals surface area (Å²) in [5.74, 6) is 0. The third-order valence-corrected chi connectivity index (χ3v) is 6.73. The number of hydrogen-bond donors (Lipinski definition) is 0. The van der Waals surface area contributed by atoms with Crippen LogP contribution in [-0.2, 0) is 24.7 Å². The molecule has 0 radical (unpaired) electrons. The van der Waals surface area contributed by atoms with Crippen LogP contribution in [-0.4, -0.2) is 0 Å². The van der Waals surface area contributed by atoms with Gasteiger partial charge < -0.3 is 0 Å². The minimum Gasteiger partial charge on any atom is -0.192 e. The van der Waals surface area contributed by atoms with Gasteiger partial charge in [0.25, 0.3) is 0 Å². The highest BCUT2D eigenvalue weighted by Gasteiger charge is 2.43. The second kappa shape index (κ2) is 12.9. The van der Waals surface area contributed by atoms with Gasteiger partial charge in [0.15, 0.2) is 0 Å². The van der Waals surface area contributed by atoms with Crippen LogP contribution in [0, 0.1) is 79.3 Å². The molecule has 0 atom stereocenters. The van der Waals surface area contributed by atoms with Crippen molar-refractivity contribution in [3.05, 3.63) is 102 Å². The Balaban J connectivity index is 2.81. The molecule has 0 fully saturated rings. The molecule has 0 amide bonds. The Kier molecular flexibility index (Phi) is 9.65. The van der Waals surface area contributed by atoms with Crippen LogP contribution in [0.1, 0.15) is 61.2 Å². The number of halogens is 12. The molecule has 50 heavy (non-hydrogen) atoms. The third-order valence-electron chi connectivity index (χ3n) is 6.73. The smallest absolute Gasteiger partial charge is 0.192 e. The van der Waals surface area contributed by atoms with E-state index in [0.717, 1.165) is 12.1 Å². The fraction of sp³-hybridized carbons (Fsp3) is 0.129. The van der Waals surface area contributed by atoms with Gasteiger partial charge in [-0.2, -0.15) is 89.5 Å². The van der Waals surface area contributed by atoms with Crippen LogP contribution >= 0.6 is 0 Å². The zero-order valence-corrected chi connectivity index (χ0v) is 23.6. The number of alkyl halides is 12. The van der Waals surface area contributed by atoms with Gasteiger partial charge in [0.05, 0.1) is 79.4 Å². The van der Waals surface area contributed by atoms with Gasteiger partial charge in [-0.15, -0.1) is 0 Å². The summed E-state index contributed by atoms with van der Waals surface area (Å²) in [6.45, 7) is 0. The van der Waals surface area contributed by atoms with Gasteiger partial charge in [-0.05, 0) is 30.3 Å². The van der Waals surface area contributed by atoms with Crippen LogP contribution in [0.3, 0.4) is 0 Å². The molecule has 0 aliphatic heterocycles. The molecule has 0 bridgehead atoms. The van der Waals surface area contributed by atoms with Crippen LogP contribution in [0.5, 0.6) is 0 Å². The van der Waals surface area contributed by atoms with Crippen molar-refractivity contribution in [1.82, 2.24) is 0 Å². The number of nitrogens with zero attached hydrogens (tertiary/aromatic N) is 7. The third kappa shape index (κ3) is 6.69.